The van der Waals surface area contributed by atoms with Crippen LogP contribution < -0.4 is 0 Å². The van der Waals surface area contributed by atoms with Gasteiger partial charge in [-0.05, 0) is 151 Å². The van der Waals surface area contributed by atoms with Crippen LogP contribution in [-0.4, -0.2) is 0 Å². The van der Waals surface area contributed by atoms with Crippen LogP contribution in [0.25, 0.3) is 9.75 Å². The summed E-state index contributed by atoms with van der Waals surface area (Å²) in [7, 11) is 0. The molecule has 0 nitrogen and oxygen atoms in total. The summed E-state index contributed by atoms with van der Waals surface area (Å²) >= 11 is 10.5. The first-order valence-corrected chi connectivity index (χ1v) is 11.4. The first-order valence-electron chi connectivity index (χ1n) is 8.14. The smallest absolute Gasteiger partial charge is 0.0861 e. The normalized spacial score (nSPS) is 7.03. The Morgan fingerprint density at radius 2 is 1.03 bits per heavy atom. The Bertz CT molecular complexity index is 1540. The number of hydrogen-bond acceptors (Lipinski definition) is 2. The molecule has 0 aliphatic rings. The van der Waals surface area contributed by atoms with Crippen LogP contribution in [-0.2, 0) is 0 Å². The van der Waals surface area contributed by atoms with Crippen LogP contribution in [0.3, 0.4) is 0 Å². The summed E-state index contributed by atoms with van der Waals surface area (Å²) in [5, 5.41) is 0. The van der Waals surface area contributed by atoms with Crippen molar-refractivity contribution in [2.24, 2.45) is 0 Å². The zero-order valence-corrected chi connectivity index (χ0v) is 20.6. The van der Waals surface area contributed by atoms with Gasteiger partial charge in [0.05, 0.1) is 13.1 Å². The number of halogens is 2. The summed E-state index contributed by atoms with van der Waals surface area (Å²) in [6.07, 6.45) is 4.94. The van der Waals surface area contributed by atoms with E-state index in [2.05, 4.69) is 152 Å². The molecule has 2 aromatic heterocycles. The second-order valence-electron chi connectivity index (χ2n) is 5.01. The zero-order chi connectivity index (χ0) is 22.3. The summed E-state index contributed by atoms with van der Waals surface area (Å²) in [6.45, 7) is 2.08. The van der Waals surface area contributed by atoms with E-state index in [0.717, 1.165) is 18.0 Å². The molecular weight excluding hydrogens is 548 g/mol. The number of terminal acetylenes is 1. The lowest BCUT2D eigenvalue weighted by molar-refractivity contribution is 1.53. The predicted octanol–water partition coefficient (Wildman–Crippen LogP) is 5.32. The van der Waals surface area contributed by atoms with Crippen LogP contribution in [0.5, 0.6) is 0 Å². The Kier molecular flexibility index (Phi) is 10.4. The Morgan fingerprint density at radius 1 is 0.613 bits per heavy atom. The van der Waals surface area contributed by atoms with Crippen molar-refractivity contribution in [1.82, 2.24) is 0 Å². The Hall–Kier alpha value is -3.60. The van der Waals surface area contributed by atoms with Gasteiger partial charge in [-0.15, -0.1) is 29.1 Å². The quantitative estimate of drug-likeness (QED) is 0.419. The van der Waals surface area contributed by atoms with Crippen molar-refractivity contribution in [2.45, 2.75) is 6.92 Å². The highest BCUT2D eigenvalue weighted by Crippen LogP contribution is 2.40. The predicted molar refractivity (Wildman–Crippen MR) is 138 cm³/mol. The zero-order valence-electron chi connectivity index (χ0n) is 15.8. The van der Waals surface area contributed by atoms with E-state index >= 15 is 0 Å². The van der Waals surface area contributed by atoms with Gasteiger partial charge in [0.1, 0.15) is 0 Å². The fraction of sp³-hybridized carbons (Fsp3) is 0.0370. The van der Waals surface area contributed by atoms with Crippen molar-refractivity contribution in [1.29, 1.82) is 0 Å². The van der Waals surface area contributed by atoms with E-state index in [1.54, 1.807) is 22.7 Å². The standard InChI is InChI=1S/C27H6Br2S2/c1-3-4-5-6-7-8-9-10-11-12-13-14-15-16-17-18-19-23-21-25(31-27(23)29)24-20-22(2)26(28)30-24/h1,20-21H,2H3. The molecule has 2 heterocycles. The minimum atomic E-state index is 0.897. The summed E-state index contributed by atoms with van der Waals surface area (Å²) in [5.74, 6) is 43.4. The molecule has 0 N–H and O–H groups in total. The van der Waals surface area contributed by atoms with Crippen molar-refractivity contribution < 1.29 is 0 Å². The van der Waals surface area contributed by atoms with E-state index in [9.17, 15) is 0 Å². The van der Waals surface area contributed by atoms with Crippen LogP contribution >= 0.6 is 54.5 Å². The van der Waals surface area contributed by atoms with Crippen LogP contribution in [0.4, 0.5) is 0 Å². The van der Waals surface area contributed by atoms with Crippen molar-refractivity contribution in [3.63, 3.8) is 0 Å². The maximum absolute atomic E-state index is 4.94. The van der Waals surface area contributed by atoms with Crippen LogP contribution in [0.2, 0.25) is 0 Å². The third-order valence-electron chi connectivity index (χ3n) is 2.93. The van der Waals surface area contributed by atoms with E-state index in [0.29, 0.717) is 0 Å². The lowest BCUT2D eigenvalue weighted by Gasteiger charge is -1.86. The van der Waals surface area contributed by atoms with Gasteiger partial charge in [-0.3, -0.25) is 0 Å². The second-order valence-corrected chi connectivity index (χ2v) is 9.75. The highest BCUT2D eigenvalue weighted by molar-refractivity contribution is 9.11. The van der Waals surface area contributed by atoms with Gasteiger partial charge < -0.3 is 0 Å². The van der Waals surface area contributed by atoms with Crippen LogP contribution in [0.1, 0.15) is 11.1 Å². The molecule has 0 saturated carbocycles. The first-order chi connectivity index (χ1) is 15.1. The van der Waals surface area contributed by atoms with Gasteiger partial charge >= 0.3 is 0 Å². The summed E-state index contributed by atoms with van der Waals surface area (Å²) in [4.78, 5) is 2.36. The van der Waals surface area contributed by atoms with Crippen LogP contribution in [0, 0.1) is 114 Å². The third kappa shape index (κ3) is 8.74. The average molecular weight is 554 g/mol. The second kappa shape index (κ2) is 13.6. The molecule has 0 unspecified atom stereocenters. The fourth-order valence-corrected chi connectivity index (χ4v) is 4.88. The first kappa shape index (κ1) is 23.7. The number of aryl methyl sites for hydroxylation is 1. The largest absolute Gasteiger partial charge is 0.127 e. The van der Waals surface area contributed by atoms with Gasteiger partial charge in [0.15, 0.2) is 0 Å². The van der Waals surface area contributed by atoms with Crippen molar-refractivity contribution in [2.75, 3.05) is 0 Å². The molecule has 0 aliphatic heterocycles. The molecule has 0 bridgehead atoms. The lowest BCUT2D eigenvalue weighted by atomic mass is 10.2. The molecule has 4 heteroatoms. The fourth-order valence-electron chi connectivity index (χ4n) is 1.70. The molecule has 0 saturated heterocycles. The molecule has 0 radical (unpaired) electrons. The molecule has 0 atom stereocenters. The van der Waals surface area contributed by atoms with E-state index in [-0.39, 0.29) is 0 Å². The molecule has 2 rings (SSSR count). The maximum atomic E-state index is 4.94. The summed E-state index contributed by atoms with van der Waals surface area (Å²) in [5.41, 5.74) is 2.12. The Labute approximate surface area is 207 Å². The van der Waals surface area contributed by atoms with E-state index in [4.69, 9.17) is 6.42 Å². The minimum Gasteiger partial charge on any atom is -0.127 e. The monoisotopic (exact) mass is 552 g/mol. The lowest BCUT2D eigenvalue weighted by Crippen LogP contribution is -1.66. The number of hydrogen-bond donors (Lipinski definition) is 0. The molecule has 0 aromatic carbocycles. The SMILES string of the molecule is C#CC#CC#CC#CC#CC#CC#CC#CC#Cc1cc(-c2cc(C)c(Br)s2)sc1Br. The highest BCUT2D eigenvalue weighted by Gasteiger charge is 2.10. The number of rotatable bonds is 1. The molecule has 2 aromatic rings. The Balaban J connectivity index is 1.93. The van der Waals surface area contributed by atoms with Gasteiger partial charge in [-0.2, -0.15) is 0 Å². The van der Waals surface area contributed by atoms with Crippen molar-refractivity contribution in [3.05, 3.63) is 30.8 Å². The molecule has 0 fully saturated rings. The van der Waals surface area contributed by atoms with Gasteiger partial charge in [0.2, 0.25) is 0 Å². The Morgan fingerprint density at radius 3 is 1.48 bits per heavy atom. The maximum Gasteiger partial charge on any atom is 0.0861 e. The third-order valence-corrected chi connectivity index (χ3v) is 7.10. The van der Waals surface area contributed by atoms with E-state index in [1.807, 2.05) is 0 Å². The number of thiophene rings is 2. The van der Waals surface area contributed by atoms with Crippen LogP contribution in [0.15, 0.2) is 19.7 Å². The minimum absolute atomic E-state index is 0.897. The molecule has 31 heavy (non-hydrogen) atoms. The van der Waals surface area contributed by atoms with Crippen molar-refractivity contribution >= 4 is 54.5 Å². The molecular formula is C27H6Br2S2. The van der Waals surface area contributed by atoms with Gasteiger partial charge in [0.25, 0.3) is 0 Å². The van der Waals surface area contributed by atoms with Crippen molar-refractivity contribution in [3.8, 4) is 117 Å². The molecule has 0 amide bonds. The average Bonchev–Trinajstić information content (AvgIpc) is 3.29. The van der Waals surface area contributed by atoms with Gasteiger partial charge in [-0.1, -0.05) is 5.92 Å². The topological polar surface area (TPSA) is 0 Å². The van der Waals surface area contributed by atoms with Gasteiger partial charge in [0, 0.05) is 9.75 Å². The summed E-state index contributed by atoms with van der Waals surface area (Å²) < 4.78 is 2.12. The van der Waals surface area contributed by atoms with E-state index in [1.165, 1.54) is 10.4 Å². The molecule has 0 spiro atoms. The molecule has 0 aliphatic carbocycles. The summed E-state index contributed by atoms with van der Waals surface area (Å²) in [6, 6.07) is 4.21. The highest BCUT2D eigenvalue weighted by atomic mass is 79.9. The van der Waals surface area contributed by atoms with E-state index < -0.39 is 0 Å². The van der Waals surface area contributed by atoms with Gasteiger partial charge in [-0.25, -0.2) is 0 Å². The molecule has 140 valence electrons.